The predicted octanol–water partition coefficient (Wildman–Crippen LogP) is 7.51. The van der Waals surface area contributed by atoms with E-state index in [9.17, 15) is 30.8 Å². The lowest BCUT2D eigenvalue weighted by Gasteiger charge is -2.23. The van der Waals surface area contributed by atoms with Crippen molar-refractivity contribution in [3.8, 4) is 11.1 Å². The van der Waals surface area contributed by atoms with Crippen LogP contribution in [0.25, 0.3) is 22.0 Å². The molecule has 2 aromatic carbocycles. The van der Waals surface area contributed by atoms with Crippen LogP contribution in [0.15, 0.2) is 42.6 Å². The van der Waals surface area contributed by atoms with E-state index >= 15 is 8.78 Å². The van der Waals surface area contributed by atoms with Gasteiger partial charge in [0.15, 0.2) is 15.6 Å². The van der Waals surface area contributed by atoms with Crippen LogP contribution in [0.2, 0.25) is 5.02 Å². The quantitative estimate of drug-likeness (QED) is 0.121. The zero-order valence-corrected chi connectivity index (χ0v) is 30.4. The van der Waals surface area contributed by atoms with Crippen LogP contribution in [0.4, 0.5) is 32.0 Å². The lowest BCUT2D eigenvalue weighted by Crippen LogP contribution is -2.24. The molecule has 53 heavy (non-hydrogen) atoms. The first-order chi connectivity index (χ1) is 24.8. The van der Waals surface area contributed by atoms with Gasteiger partial charge >= 0.3 is 0 Å². The summed E-state index contributed by atoms with van der Waals surface area (Å²) in [5.41, 5.74) is 1.06. The van der Waals surface area contributed by atoms with Gasteiger partial charge in [-0.1, -0.05) is 17.7 Å². The van der Waals surface area contributed by atoms with E-state index < -0.39 is 87.5 Å². The van der Waals surface area contributed by atoms with Crippen molar-refractivity contribution in [2.45, 2.75) is 55.7 Å². The number of ketones is 1. The summed E-state index contributed by atoms with van der Waals surface area (Å²) in [6, 6.07) is 7.95. The first-order valence-corrected chi connectivity index (χ1v) is 19.0. The predicted molar refractivity (Wildman–Crippen MR) is 186 cm³/mol. The second-order valence-electron chi connectivity index (χ2n) is 14.1. The van der Waals surface area contributed by atoms with E-state index in [1.807, 2.05) is 0 Å². The van der Waals surface area contributed by atoms with Gasteiger partial charge in [0.05, 0.1) is 39.6 Å². The smallest absolute Gasteiger partial charge is 0.293 e. The van der Waals surface area contributed by atoms with E-state index in [0.717, 1.165) is 18.4 Å². The van der Waals surface area contributed by atoms with Crippen molar-refractivity contribution in [1.82, 2.24) is 24.5 Å². The average Bonchev–Trinajstić information content (AvgIpc) is 3.59. The first kappa shape index (κ1) is 36.9. The van der Waals surface area contributed by atoms with Crippen molar-refractivity contribution in [3.63, 3.8) is 0 Å². The molecule has 1 saturated carbocycles. The molecule has 2 aliphatic rings. The Labute approximate surface area is 305 Å². The van der Waals surface area contributed by atoms with E-state index in [-0.39, 0.29) is 40.4 Å². The number of fused-ring (bicyclic) bond motifs is 4. The number of nitrogens with zero attached hydrogens (tertiary/aromatic N) is 6. The number of rotatable bonds is 12. The first-order valence-electron chi connectivity index (χ1n) is 16.6. The highest BCUT2D eigenvalue weighted by Crippen LogP contribution is 2.68. The normalized spacial score (nSPS) is 18.0. The van der Waals surface area contributed by atoms with Gasteiger partial charge < -0.3 is 4.90 Å². The maximum atomic E-state index is 15.3. The van der Waals surface area contributed by atoms with Gasteiger partial charge in [0.1, 0.15) is 29.6 Å². The molecule has 3 atom stereocenters. The third kappa shape index (κ3) is 6.79. The van der Waals surface area contributed by atoms with Crippen LogP contribution >= 0.6 is 11.6 Å². The molecule has 0 N–H and O–H groups in total. The summed E-state index contributed by atoms with van der Waals surface area (Å²) >= 11 is 6.63. The van der Waals surface area contributed by atoms with Crippen molar-refractivity contribution in [1.29, 1.82) is 0 Å². The Kier molecular flexibility index (Phi) is 9.15. The summed E-state index contributed by atoms with van der Waals surface area (Å²) in [5, 5.41) is 8.86. The number of anilines is 1. The van der Waals surface area contributed by atoms with Crippen molar-refractivity contribution in [2.24, 2.45) is 13.0 Å². The van der Waals surface area contributed by atoms with Crippen LogP contribution in [0.1, 0.15) is 65.0 Å². The van der Waals surface area contributed by atoms with Gasteiger partial charge in [0.25, 0.3) is 12.3 Å². The molecule has 3 aromatic heterocycles. The maximum Gasteiger partial charge on any atom is 0.293 e. The topological polar surface area (TPSA) is 103 Å². The minimum atomic E-state index is -3.53. The standard InChI is InChI=1S/C36H33ClF6N6O3S/c1-47(2)21-12-24(23-5-6-27(37)30-28(16-53(4,51)52)45-48(3)33(23)30)31(44-14-21)18(7-17-8-19(38)11-20(39)9-17)10-22(50)15-49-34-29(32(46-49)35(40)41)25-13-26(25)36(34,42)43/h5-6,8-9,11-12,14,18,25-26,35H,7,10,13,15-16H2,1-4H3/t18-,25+,26-/m1/s1. The molecule has 2 aliphatic carbocycles. The van der Waals surface area contributed by atoms with Crippen LogP contribution in [0.3, 0.4) is 0 Å². The molecular formula is C36H33ClF6N6O3S. The molecule has 5 aromatic rings. The van der Waals surface area contributed by atoms with E-state index in [1.165, 1.54) is 10.9 Å². The van der Waals surface area contributed by atoms with Gasteiger partial charge in [-0.05, 0) is 48.6 Å². The van der Waals surface area contributed by atoms with Crippen LogP contribution in [-0.4, -0.2) is 59.1 Å². The minimum Gasteiger partial charge on any atom is -0.376 e. The van der Waals surface area contributed by atoms with Gasteiger partial charge in [-0.15, -0.1) is 0 Å². The Morgan fingerprint density at radius 3 is 2.40 bits per heavy atom. The average molecular weight is 779 g/mol. The summed E-state index contributed by atoms with van der Waals surface area (Å²) in [6.07, 6.45) is -0.987. The fraction of sp³-hybridized carbons (Fsp3) is 0.389. The van der Waals surface area contributed by atoms with Crippen molar-refractivity contribution >= 4 is 43.8 Å². The molecule has 0 spiro atoms. The second kappa shape index (κ2) is 13.1. The van der Waals surface area contributed by atoms with E-state index in [1.54, 1.807) is 44.2 Å². The summed E-state index contributed by atoms with van der Waals surface area (Å²) in [5.74, 6) is -9.01. The van der Waals surface area contributed by atoms with Gasteiger partial charge in [-0.3, -0.25) is 19.1 Å². The molecule has 3 heterocycles. The summed E-state index contributed by atoms with van der Waals surface area (Å²) < 4.78 is 114. The molecule has 0 aliphatic heterocycles. The highest BCUT2D eigenvalue weighted by molar-refractivity contribution is 7.89. The molecule has 17 heteroatoms. The Morgan fingerprint density at radius 1 is 1.06 bits per heavy atom. The number of aromatic nitrogens is 5. The Bertz CT molecular complexity index is 2390. The number of halogens is 7. The molecule has 0 amide bonds. The fourth-order valence-electron chi connectivity index (χ4n) is 7.64. The molecule has 0 radical (unpaired) electrons. The van der Waals surface area contributed by atoms with Crippen LogP contribution in [-0.2, 0) is 46.3 Å². The Morgan fingerprint density at radius 2 is 1.75 bits per heavy atom. The number of Topliss-reactive ketones (excluding diaryl/α,β-unsaturated/α-hetero) is 1. The monoisotopic (exact) mass is 778 g/mol. The Balaban J connectivity index is 1.36. The maximum absolute atomic E-state index is 15.3. The minimum absolute atomic E-state index is 0.0629. The number of pyridine rings is 1. The zero-order chi connectivity index (χ0) is 38.3. The summed E-state index contributed by atoms with van der Waals surface area (Å²) in [7, 11) is 1.63. The second-order valence-corrected chi connectivity index (χ2v) is 16.6. The number of carbonyl (C=O) groups excluding carboxylic acids is 1. The summed E-state index contributed by atoms with van der Waals surface area (Å²) in [6.45, 7) is -0.745. The third-order valence-corrected chi connectivity index (χ3v) is 11.0. The molecule has 7 rings (SSSR count). The van der Waals surface area contributed by atoms with E-state index in [0.29, 0.717) is 38.5 Å². The van der Waals surface area contributed by atoms with Gasteiger partial charge in [-0.2, -0.15) is 19.0 Å². The van der Waals surface area contributed by atoms with Crippen molar-refractivity contribution in [3.05, 3.63) is 93.2 Å². The number of carbonyl (C=O) groups is 1. The number of sulfone groups is 1. The molecule has 0 saturated heterocycles. The lowest BCUT2D eigenvalue weighted by atomic mass is 9.86. The zero-order valence-electron chi connectivity index (χ0n) is 28.8. The number of aryl methyl sites for hydroxylation is 1. The molecule has 1 fully saturated rings. The molecule has 9 nitrogen and oxygen atoms in total. The fourth-order valence-corrected chi connectivity index (χ4v) is 8.60. The van der Waals surface area contributed by atoms with Crippen LogP contribution in [0, 0.1) is 17.6 Å². The van der Waals surface area contributed by atoms with Gasteiger partial charge in [0.2, 0.25) is 0 Å². The third-order valence-electron chi connectivity index (χ3n) is 9.88. The summed E-state index contributed by atoms with van der Waals surface area (Å²) in [4.78, 5) is 20.4. The molecule has 280 valence electrons. The molecule has 0 bridgehead atoms. The van der Waals surface area contributed by atoms with Crippen LogP contribution < -0.4 is 4.90 Å². The largest absolute Gasteiger partial charge is 0.376 e. The van der Waals surface area contributed by atoms with Crippen LogP contribution in [0.5, 0.6) is 0 Å². The molecular weight excluding hydrogens is 746 g/mol. The molecule has 0 unspecified atom stereocenters. The van der Waals surface area contributed by atoms with E-state index in [2.05, 4.69) is 10.2 Å². The van der Waals surface area contributed by atoms with E-state index in [4.69, 9.17) is 16.6 Å². The lowest BCUT2D eigenvalue weighted by molar-refractivity contribution is -0.120. The Hall–Kier alpha value is -4.44. The highest BCUT2D eigenvalue weighted by Gasteiger charge is 2.67. The van der Waals surface area contributed by atoms with Gasteiger partial charge in [-0.25, -0.2) is 26.0 Å². The van der Waals surface area contributed by atoms with Crippen molar-refractivity contribution < 1.29 is 39.6 Å². The number of alkyl halides is 4. The number of benzene rings is 2. The van der Waals surface area contributed by atoms with Gasteiger partial charge in [0, 0.05) is 73.8 Å². The number of hydrogen-bond acceptors (Lipinski definition) is 7. The number of hydrogen-bond donors (Lipinski definition) is 0. The SMILES string of the molecule is CN(C)c1cnc([C@@H](CC(=O)Cn2nc(C(F)F)c3c2C(F)(F)[C@@H]2C[C@H]32)Cc2cc(F)cc(F)c2)c(-c2ccc(Cl)c3c(CS(C)(=O)=O)nn(C)c23)c1. The highest BCUT2D eigenvalue weighted by atomic mass is 35.5. The van der Waals surface area contributed by atoms with Crippen molar-refractivity contribution in [2.75, 3.05) is 25.3 Å².